The van der Waals surface area contributed by atoms with Gasteiger partial charge in [0.15, 0.2) is 23.1 Å². The van der Waals surface area contributed by atoms with E-state index in [0.717, 1.165) is 5.56 Å². The van der Waals surface area contributed by atoms with E-state index in [0.29, 0.717) is 23.7 Å². The monoisotopic (exact) mass is 348 g/mol. The van der Waals surface area contributed by atoms with Crippen molar-refractivity contribution in [3.05, 3.63) is 53.3 Å². The zero-order valence-electron chi connectivity index (χ0n) is 14.3. The van der Waals surface area contributed by atoms with Crippen molar-refractivity contribution < 1.29 is 28.5 Å². The molecule has 134 valence electrons. The molecule has 0 fully saturated rings. The second-order valence-electron chi connectivity index (χ2n) is 5.33. The van der Waals surface area contributed by atoms with Crippen molar-refractivity contribution in [1.29, 1.82) is 0 Å². The van der Waals surface area contributed by atoms with Crippen LogP contribution in [0.15, 0.2) is 36.4 Å². The Kier molecular flexibility index (Phi) is 6.62. The van der Waals surface area contributed by atoms with Gasteiger partial charge in [-0.15, -0.1) is 0 Å². The summed E-state index contributed by atoms with van der Waals surface area (Å²) in [6, 6.07) is 9.90. The lowest BCUT2D eigenvalue weighted by Crippen LogP contribution is -2.03. The Bertz CT molecular complexity index is 730. The molecule has 25 heavy (non-hydrogen) atoms. The zero-order chi connectivity index (χ0) is 18.2. The molecular formula is C19H21FO5. The Labute approximate surface area is 146 Å². The smallest absolute Gasteiger partial charge is 0.303 e. The van der Waals surface area contributed by atoms with Crippen LogP contribution in [-0.2, 0) is 17.8 Å². The van der Waals surface area contributed by atoms with Crippen LogP contribution < -0.4 is 14.2 Å². The molecule has 0 saturated carbocycles. The van der Waals surface area contributed by atoms with E-state index in [2.05, 4.69) is 0 Å². The second-order valence-corrected chi connectivity index (χ2v) is 5.33. The molecule has 0 aromatic heterocycles. The van der Waals surface area contributed by atoms with Crippen molar-refractivity contribution in [1.82, 2.24) is 0 Å². The highest BCUT2D eigenvalue weighted by atomic mass is 19.1. The number of carboxylic acids is 1. The van der Waals surface area contributed by atoms with E-state index in [1.54, 1.807) is 19.2 Å². The molecule has 2 aromatic rings. The molecular weight excluding hydrogens is 327 g/mol. The number of para-hydroxylation sites is 1. The minimum atomic E-state index is -0.915. The molecule has 0 aliphatic heterocycles. The summed E-state index contributed by atoms with van der Waals surface area (Å²) in [7, 11) is 1.54. The van der Waals surface area contributed by atoms with Gasteiger partial charge in [0.1, 0.15) is 6.61 Å². The number of carboxylic acid groups (broad SMARTS) is 1. The molecule has 2 aromatic carbocycles. The zero-order valence-corrected chi connectivity index (χ0v) is 14.3. The summed E-state index contributed by atoms with van der Waals surface area (Å²) in [4.78, 5) is 10.6. The highest BCUT2D eigenvalue weighted by Crippen LogP contribution is 2.32. The van der Waals surface area contributed by atoms with E-state index >= 15 is 0 Å². The fourth-order valence-electron chi connectivity index (χ4n) is 2.40. The molecule has 6 heteroatoms. The maximum Gasteiger partial charge on any atom is 0.303 e. The number of ether oxygens (including phenoxy) is 3. The number of methoxy groups -OCH3 is 1. The Morgan fingerprint density at radius 2 is 1.96 bits per heavy atom. The minimum absolute atomic E-state index is 0.0406. The van der Waals surface area contributed by atoms with Crippen molar-refractivity contribution in [2.24, 2.45) is 0 Å². The quantitative estimate of drug-likeness (QED) is 0.746. The molecule has 1 N–H and O–H groups in total. The fraction of sp³-hybridized carbons (Fsp3) is 0.316. The maximum absolute atomic E-state index is 14.1. The summed E-state index contributed by atoms with van der Waals surface area (Å²) in [6.07, 6.45) is 0.234. The standard InChI is InChI=1S/C19H21FO5/c1-3-24-17-6-4-5-14(19(17)23-2)12-25-16-9-7-13(11-15(16)20)8-10-18(21)22/h4-7,9,11H,3,8,10,12H2,1-2H3,(H,21,22). The molecule has 0 saturated heterocycles. The Balaban J connectivity index is 2.08. The largest absolute Gasteiger partial charge is 0.492 e. The first-order valence-corrected chi connectivity index (χ1v) is 7.96. The molecule has 0 amide bonds. The first-order valence-electron chi connectivity index (χ1n) is 7.96. The fourth-order valence-corrected chi connectivity index (χ4v) is 2.40. The molecule has 0 radical (unpaired) electrons. The number of rotatable bonds is 9. The second kappa shape index (κ2) is 8.92. The molecule has 2 rings (SSSR count). The summed E-state index contributed by atoms with van der Waals surface area (Å²) in [5.74, 6) is -0.175. The van der Waals surface area contributed by atoms with Crippen molar-refractivity contribution in [3.63, 3.8) is 0 Å². The summed E-state index contributed by atoms with van der Waals surface area (Å²) < 4.78 is 30.6. The van der Waals surface area contributed by atoms with Crippen molar-refractivity contribution in [3.8, 4) is 17.2 Å². The van der Waals surface area contributed by atoms with E-state index in [1.165, 1.54) is 12.1 Å². The van der Waals surface area contributed by atoms with Gasteiger partial charge in [-0.3, -0.25) is 4.79 Å². The van der Waals surface area contributed by atoms with E-state index in [4.69, 9.17) is 19.3 Å². The predicted molar refractivity (Wildman–Crippen MR) is 90.9 cm³/mol. The van der Waals surface area contributed by atoms with Gasteiger partial charge >= 0.3 is 5.97 Å². The van der Waals surface area contributed by atoms with Gasteiger partial charge < -0.3 is 19.3 Å². The lowest BCUT2D eigenvalue weighted by molar-refractivity contribution is -0.136. The maximum atomic E-state index is 14.1. The van der Waals surface area contributed by atoms with E-state index in [1.807, 2.05) is 19.1 Å². The molecule has 0 spiro atoms. The van der Waals surface area contributed by atoms with Crippen LogP contribution in [0.1, 0.15) is 24.5 Å². The molecule has 0 atom stereocenters. The highest BCUT2D eigenvalue weighted by molar-refractivity contribution is 5.67. The number of aryl methyl sites for hydroxylation is 1. The third-order valence-electron chi connectivity index (χ3n) is 3.57. The van der Waals surface area contributed by atoms with Crippen LogP contribution in [0.25, 0.3) is 0 Å². The average molecular weight is 348 g/mol. The summed E-state index contributed by atoms with van der Waals surface area (Å²) in [6.45, 7) is 2.51. The van der Waals surface area contributed by atoms with Gasteiger partial charge in [-0.25, -0.2) is 4.39 Å². The van der Waals surface area contributed by atoms with Gasteiger partial charge in [-0.1, -0.05) is 18.2 Å². The van der Waals surface area contributed by atoms with E-state index < -0.39 is 11.8 Å². The lowest BCUT2D eigenvalue weighted by atomic mass is 10.1. The van der Waals surface area contributed by atoms with Gasteiger partial charge in [0.05, 0.1) is 13.7 Å². The summed E-state index contributed by atoms with van der Waals surface area (Å²) in [5.41, 5.74) is 1.35. The molecule has 0 unspecified atom stereocenters. The Hall–Kier alpha value is -2.76. The topological polar surface area (TPSA) is 65.0 Å². The van der Waals surface area contributed by atoms with Gasteiger partial charge in [0.2, 0.25) is 0 Å². The summed E-state index contributed by atoms with van der Waals surface area (Å²) in [5, 5.41) is 8.68. The summed E-state index contributed by atoms with van der Waals surface area (Å²) >= 11 is 0. The van der Waals surface area contributed by atoms with Crippen LogP contribution in [0.5, 0.6) is 17.2 Å². The number of halogens is 1. The molecule has 0 heterocycles. The third-order valence-corrected chi connectivity index (χ3v) is 3.57. The van der Waals surface area contributed by atoms with Crippen LogP contribution >= 0.6 is 0 Å². The number of hydrogen-bond donors (Lipinski definition) is 1. The predicted octanol–water partition coefficient (Wildman–Crippen LogP) is 3.83. The van der Waals surface area contributed by atoms with Crippen molar-refractivity contribution in [2.75, 3.05) is 13.7 Å². The average Bonchev–Trinajstić information content (AvgIpc) is 2.59. The normalized spacial score (nSPS) is 10.4. The third kappa shape index (κ3) is 5.11. The molecule has 0 aliphatic carbocycles. The van der Waals surface area contributed by atoms with Crippen LogP contribution in [0.2, 0.25) is 0 Å². The number of hydrogen-bond acceptors (Lipinski definition) is 4. The SMILES string of the molecule is CCOc1cccc(COc2ccc(CCC(=O)O)cc2F)c1OC. The molecule has 0 aliphatic rings. The first-order chi connectivity index (χ1) is 12.0. The van der Waals surface area contributed by atoms with Gasteiger partial charge in [0, 0.05) is 12.0 Å². The number of benzene rings is 2. The van der Waals surface area contributed by atoms with Crippen molar-refractivity contribution >= 4 is 5.97 Å². The van der Waals surface area contributed by atoms with E-state index in [9.17, 15) is 9.18 Å². The van der Waals surface area contributed by atoms with Gasteiger partial charge in [-0.05, 0) is 37.1 Å². The van der Waals surface area contributed by atoms with Gasteiger partial charge in [0.25, 0.3) is 0 Å². The number of carbonyl (C=O) groups is 1. The van der Waals surface area contributed by atoms with E-state index in [-0.39, 0.29) is 25.2 Å². The first kappa shape index (κ1) is 18.6. The number of aliphatic carboxylic acids is 1. The molecule has 0 bridgehead atoms. The minimum Gasteiger partial charge on any atom is -0.492 e. The Morgan fingerprint density at radius 3 is 2.60 bits per heavy atom. The van der Waals surface area contributed by atoms with Crippen LogP contribution in [0, 0.1) is 5.82 Å². The van der Waals surface area contributed by atoms with Crippen LogP contribution in [0.3, 0.4) is 0 Å². The lowest BCUT2D eigenvalue weighted by Gasteiger charge is -2.14. The van der Waals surface area contributed by atoms with Crippen LogP contribution in [0.4, 0.5) is 4.39 Å². The van der Waals surface area contributed by atoms with Gasteiger partial charge in [-0.2, -0.15) is 0 Å². The van der Waals surface area contributed by atoms with Crippen molar-refractivity contribution in [2.45, 2.75) is 26.4 Å². The Morgan fingerprint density at radius 1 is 1.16 bits per heavy atom. The highest BCUT2D eigenvalue weighted by Gasteiger charge is 2.12. The van der Waals surface area contributed by atoms with Crippen LogP contribution in [-0.4, -0.2) is 24.8 Å². The molecule has 5 nitrogen and oxygen atoms in total.